The van der Waals surface area contributed by atoms with E-state index in [1.165, 1.54) is 16.7 Å². The minimum absolute atomic E-state index is 0.191. The van der Waals surface area contributed by atoms with Crippen molar-refractivity contribution in [3.8, 4) is 0 Å². The molecule has 0 N–H and O–H groups in total. The predicted octanol–water partition coefficient (Wildman–Crippen LogP) is 4.21. The molecule has 0 saturated heterocycles. The van der Waals surface area contributed by atoms with Crippen molar-refractivity contribution in [2.75, 3.05) is 0 Å². The van der Waals surface area contributed by atoms with Crippen molar-refractivity contribution in [1.82, 2.24) is 4.57 Å². The first kappa shape index (κ1) is 15.7. The van der Waals surface area contributed by atoms with E-state index in [0.29, 0.717) is 5.56 Å². The highest BCUT2D eigenvalue weighted by Gasteiger charge is 2.09. The fraction of sp³-hybridized carbons (Fsp3) is 0.263. The first-order chi connectivity index (χ1) is 10.9. The Morgan fingerprint density at radius 1 is 0.957 bits per heavy atom. The van der Waals surface area contributed by atoms with Gasteiger partial charge in [0.05, 0.1) is 10.2 Å². The minimum Gasteiger partial charge on any atom is -0.319 e. The molecule has 0 saturated carbocycles. The number of amides is 1. The quantitative estimate of drug-likeness (QED) is 0.660. The summed E-state index contributed by atoms with van der Waals surface area (Å²) in [5.41, 5.74) is 6.55. The SMILES string of the molecule is Cc1ccc(C(=O)N=c2sc3cc(C)c(C)cc3n2C)cc1C. The van der Waals surface area contributed by atoms with Gasteiger partial charge in [0.2, 0.25) is 0 Å². The molecule has 23 heavy (non-hydrogen) atoms. The molecule has 0 aliphatic carbocycles. The molecule has 0 fully saturated rings. The smallest absolute Gasteiger partial charge is 0.279 e. The van der Waals surface area contributed by atoms with Crippen LogP contribution in [0.25, 0.3) is 10.2 Å². The molecule has 1 aromatic heterocycles. The molecule has 3 aromatic rings. The standard InChI is InChI=1S/C19H20N2OS/c1-11-6-7-15(8-12(11)2)18(22)20-19-21(5)16-9-13(3)14(4)10-17(16)23-19/h6-10H,1-5H3. The number of hydrogen-bond acceptors (Lipinski definition) is 2. The van der Waals surface area contributed by atoms with Gasteiger partial charge in [-0.2, -0.15) is 4.99 Å². The summed E-state index contributed by atoms with van der Waals surface area (Å²) in [7, 11) is 1.96. The van der Waals surface area contributed by atoms with Crippen LogP contribution in [-0.4, -0.2) is 10.5 Å². The van der Waals surface area contributed by atoms with E-state index in [9.17, 15) is 4.79 Å². The first-order valence-corrected chi connectivity index (χ1v) is 8.41. The lowest BCUT2D eigenvalue weighted by Gasteiger charge is -2.02. The summed E-state index contributed by atoms with van der Waals surface area (Å²) in [5, 5.41) is 0. The van der Waals surface area contributed by atoms with Crippen LogP contribution in [0.3, 0.4) is 0 Å². The fourth-order valence-corrected chi connectivity index (χ4v) is 3.61. The highest BCUT2D eigenvalue weighted by atomic mass is 32.1. The van der Waals surface area contributed by atoms with Crippen molar-refractivity contribution >= 4 is 27.5 Å². The van der Waals surface area contributed by atoms with E-state index in [0.717, 1.165) is 20.6 Å². The lowest BCUT2D eigenvalue weighted by atomic mass is 10.1. The van der Waals surface area contributed by atoms with E-state index in [1.54, 1.807) is 11.3 Å². The van der Waals surface area contributed by atoms with Gasteiger partial charge in [-0.05, 0) is 74.2 Å². The molecule has 4 heteroatoms. The Bertz CT molecular complexity index is 993. The van der Waals surface area contributed by atoms with Gasteiger partial charge in [-0.25, -0.2) is 0 Å². The Labute approximate surface area is 139 Å². The molecule has 0 atom stereocenters. The average molecular weight is 324 g/mol. The normalized spacial score (nSPS) is 12.1. The Kier molecular flexibility index (Phi) is 3.94. The maximum Gasteiger partial charge on any atom is 0.279 e. The van der Waals surface area contributed by atoms with Crippen LogP contribution in [0.1, 0.15) is 32.6 Å². The molecule has 2 aromatic carbocycles. The zero-order chi connectivity index (χ0) is 16.7. The van der Waals surface area contributed by atoms with Gasteiger partial charge in [0, 0.05) is 12.6 Å². The van der Waals surface area contributed by atoms with Crippen molar-refractivity contribution in [3.63, 3.8) is 0 Å². The van der Waals surface area contributed by atoms with Crippen LogP contribution in [0.15, 0.2) is 35.3 Å². The number of aryl methyl sites for hydroxylation is 5. The molecule has 0 spiro atoms. The third-order valence-corrected chi connectivity index (χ3v) is 5.47. The lowest BCUT2D eigenvalue weighted by Crippen LogP contribution is -2.13. The maximum absolute atomic E-state index is 12.5. The molecule has 0 radical (unpaired) electrons. The van der Waals surface area contributed by atoms with E-state index in [2.05, 4.69) is 31.0 Å². The number of benzene rings is 2. The van der Waals surface area contributed by atoms with E-state index >= 15 is 0 Å². The molecule has 0 aliphatic heterocycles. The average Bonchev–Trinajstić information content (AvgIpc) is 2.79. The number of fused-ring (bicyclic) bond motifs is 1. The summed E-state index contributed by atoms with van der Waals surface area (Å²) >= 11 is 1.55. The van der Waals surface area contributed by atoms with Gasteiger partial charge in [-0.15, -0.1) is 0 Å². The first-order valence-electron chi connectivity index (χ1n) is 7.60. The molecule has 0 bridgehead atoms. The number of nitrogens with zero attached hydrogens (tertiary/aromatic N) is 2. The molecule has 0 unspecified atom stereocenters. The van der Waals surface area contributed by atoms with Crippen LogP contribution < -0.4 is 4.80 Å². The van der Waals surface area contributed by atoms with Gasteiger partial charge in [0.25, 0.3) is 5.91 Å². The van der Waals surface area contributed by atoms with Crippen LogP contribution in [-0.2, 0) is 7.05 Å². The number of rotatable bonds is 1. The summed E-state index contributed by atoms with van der Waals surface area (Å²) in [5.74, 6) is -0.191. The number of aromatic nitrogens is 1. The maximum atomic E-state index is 12.5. The van der Waals surface area contributed by atoms with Crippen molar-refractivity contribution in [2.24, 2.45) is 12.0 Å². The van der Waals surface area contributed by atoms with Crippen LogP contribution in [0, 0.1) is 27.7 Å². The largest absolute Gasteiger partial charge is 0.319 e. The van der Waals surface area contributed by atoms with Crippen molar-refractivity contribution in [3.05, 3.63) is 63.0 Å². The Morgan fingerprint density at radius 2 is 1.61 bits per heavy atom. The number of hydrogen-bond donors (Lipinski definition) is 0. The van der Waals surface area contributed by atoms with Gasteiger partial charge in [-0.3, -0.25) is 4.79 Å². The summed E-state index contributed by atoms with van der Waals surface area (Å²) in [6, 6.07) is 10.0. The Hall–Kier alpha value is -2.20. The summed E-state index contributed by atoms with van der Waals surface area (Å²) in [4.78, 5) is 17.5. The molecule has 3 nitrogen and oxygen atoms in total. The number of thiazole rings is 1. The van der Waals surface area contributed by atoms with Gasteiger partial charge >= 0.3 is 0 Å². The molecule has 0 aliphatic rings. The molecular weight excluding hydrogens is 304 g/mol. The Balaban J connectivity index is 2.11. The van der Waals surface area contributed by atoms with E-state index in [-0.39, 0.29) is 5.91 Å². The van der Waals surface area contributed by atoms with Gasteiger partial charge in [0.1, 0.15) is 0 Å². The molecular formula is C19H20N2OS. The zero-order valence-electron chi connectivity index (χ0n) is 14.1. The third kappa shape index (κ3) is 2.86. The second-order valence-corrected chi connectivity index (χ2v) is 7.07. The van der Waals surface area contributed by atoms with Crippen molar-refractivity contribution < 1.29 is 4.79 Å². The minimum atomic E-state index is -0.191. The summed E-state index contributed by atoms with van der Waals surface area (Å²) < 4.78 is 3.15. The number of carbonyl (C=O) groups is 1. The van der Waals surface area contributed by atoms with E-state index < -0.39 is 0 Å². The van der Waals surface area contributed by atoms with Gasteiger partial charge in [0.15, 0.2) is 4.80 Å². The molecule has 3 rings (SSSR count). The van der Waals surface area contributed by atoms with Gasteiger partial charge < -0.3 is 4.57 Å². The topological polar surface area (TPSA) is 34.4 Å². The summed E-state index contributed by atoms with van der Waals surface area (Å²) in [6.45, 7) is 8.25. The molecule has 1 amide bonds. The second-order valence-electron chi connectivity index (χ2n) is 6.06. The highest BCUT2D eigenvalue weighted by Crippen LogP contribution is 2.21. The van der Waals surface area contributed by atoms with Crippen molar-refractivity contribution in [2.45, 2.75) is 27.7 Å². The summed E-state index contributed by atoms with van der Waals surface area (Å²) in [6.07, 6.45) is 0. The lowest BCUT2D eigenvalue weighted by molar-refractivity contribution is 0.0998. The van der Waals surface area contributed by atoms with Crippen LogP contribution in [0.2, 0.25) is 0 Å². The van der Waals surface area contributed by atoms with Gasteiger partial charge in [-0.1, -0.05) is 17.4 Å². The fourth-order valence-electron chi connectivity index (χ4n) is 2.51. The molecule has 118 valence electrons. The van der Waals surface area contributed by atoms with E-state index in [1.807, 2.05) is 43.7 Å². The molecule has 1 heterocycles. The van der Waals surface area contributed by atoms with Crippen molar-refractivity contribution in [1.29, 1.82) is 0 Å². The second kappa shape index (κ2) is 5.78. The monoisotopic (exact) mass is 324 g/mol. The predicted molar refractivity (Wildman–Crippen MR) is 96.1 cm³/mol. The highest BCUT2D eigenvalue weighted by molar-refractivity contribution is 7.16. The Morgan fingerprint density at radius 3 is 2.30 bits per heavy atom. The van der Waals surface area contributed by atoms with Crippen LogP contribution in [0.4, 0.5) is 0 Å². The van der Waals surface area contributed by atoms with Crippen LogP contribution in [0.5, 0.6) is 0 Å². The van der Waals surface area contributed by atoms with Crippen LogP contribution >= 0.6 is 11.3 Å². The third-order valence-electron chi connectivity index (χ3n) is 4.38. The number of carbonyl (C=O) groups excluding carboxylic acids is 1. The van der Waals surface area contributed by atoms with E-state index in [4.69, 9.17) is 0 Å². The zero-order valence-corrected chi connectivity index (χ0v) is 14.9.